The predicted molar refractivity (Wildman–Crippen MR) is 67.3 cm³/mol. The van der Waals surface area contributed by atoms with E-state index in [2.05, 4.69) is 4.98 Å². The molecule has 1 aliphatic heterocycles. The van der Waals surface area contributed by atoms with Gasteiger partial charge in [0.05, 0.1) is 42.2 Å². The third-order valence-electron chi connectivity index (χ3n) is 3.48. The van der Waals surface area contributed by atoms with Gasteiger partial charge in [-0.2, -0.15) is 0 Å². The summed E-state index contributed by atoms with van der Waals surface area (Å²) < 4.78 is 12.7. The van der Waals surface area contributed by atoms with Crippen molar-refractivity contribution in [3.8, 4) is 0 Å². The number of aromatic carboxylic acids is 1. The molecule has 1 N–H and O–H groups in total. The standard InChI is InChI=1S/C13H14N2O4/c1-18-12-6-19-5-11(12)15-7-14-9-3-2-8(13(16)17)4-10(9)15/h2-4,7,11-12H,5-6H2,1H3,(H,16,17)/t11-,12+/m0/s1. The Morgan fingerprint density at radius 3 is 3.11 bits per heavy atom. The molecule has 1 aliphatic rings. The molecule has 1 aromatic heterocycles. The number of nitrogens with zero attached hydrogens (tertiary/aromatic N) is 2. The Labute approximate surface area is 109 Å². The van der Waals surface area contributed by atoms with E-state index in [4.69, 9.17) is 14.6 Å². The maximum atomic E-state index is 11.0. The number of imidazole rings is 1. The molecule has 2 atom stereocenters. The van der Waals surface area contributed by atoms with Crippen LogP contribution in [0.5, 0.6) is 0 Å². The molecule has 0 aliphatic carbocycles. The highest BCUT2D eigenvalue weighted by Gasteiger charge is 2.30. The second-order valence-corrected chi connectivity index (χ2v) is 4.54. The third kappa shape index (κ3) is 1.98. The van der Waals surface area contributed by atoms with Crippen molar-refractivity contribution in [2.24, 2.45) is 0 Å². The summed E-state index contributed by atoms with van der Waals surface area (Å²) in [5.41, 5.74) is 1.81. The van der Waals surface area contributed by atoms with Gasteiger partial charge in [-0.3, -0.25) is 0 Å². The number of hydrogen-bond acceptors (Lipinski definition) is 4. The van der Waals surface area contributed by atoms with Crippen LogP contribution in [0.3, 0.4) is 0 Å². The van der Waals surface area contributed by atoms with Crippen LogP contribution < -0.4 is 0 Å². The highest BCUT2D eigenvalue weighted by Crippen LogP contribution is 2.26. The first-order valence-corrected chi connectivity index (χ1v) is 6.01. The zero-order valence-corrected chi connectivity index (χ0v) is 10.4. The maximum Gasteiger partial charge on any atom is 0.335 e. The van der Waals surface area contributed by atoms with Crippen LogP contribution in [0.1, 0.15) is 16.4 Å². The molecule has 2 aromatic rings. The molecule has 1 fully saturated rings. The molecule has 2 heterocycles. The number of aromatic nitrogens is 2. The van der Waals surface area contributed by atoms with Crippen LogP contribution in [0.2, 0.25) is 0 Å². The molecule has 0 bridgehead atoms. The zero-order valence-electron chi connectivity index (χ0n) is 10.4. The first-order valence-electron chi connectivity index (χ1n) is 6.01. The quantitative estimate of drug-likeness (QED) is 0.903. The average molecular weight is 262 g/mol. The molecule has 0 radical (unpaired) electrons. The summed E-state index contributed by atoms with van der Waals surface area (Å²) >= 11 is 0. The minimum absolute atomic E-state index is 0.0269. The molecule has 1 aromatic carbocycles. The van der Waals surface area contributed by atoms with Crippen molar-refractivity contribution in [3.63, 3.8) is 0 Å². The van der Waals surface area contributed by atoms with E-state index in [0.29, 0.717) is 13.2 Å². The Kier molecular flexibility index (Phi) is 2.96. The highest BCUT2D eigenvalue weighted by atomic mass is 16.5. The van der Waals surface area contributed by atoms with Crippen LogP contribution in [-0.4, -0.2) is 47.1 Å². The summed E-state index contributed by atoms with van der Waals surface area (Å²) in [5.74, 6) is -0.944. The lowest BCUT2D eigenvalue weighted by molar-refractivity contribution is 0.0691. The average Bonchev–Trinajstić information content (AvgIpc) is 3.03. The fourth-order valence-electron chi connectivity index (χ4n) is 2.43. The summed E-state index contributed by atoms with van der Waals surface area (Å²) in [7, 11) is 1.65. The van der Waals surface area contributed by atoms with Crippen LogP contribution in [0.25, 0.3) is 11.0 Å². The van der Waals surface area contributed by atoms with Gasteiger partial charge in [0.1, 0.15) is 6.10 Å². The predicted octanol–water partition coefficient (Wildman–Crippen LogP) is 1.32. The van der Waals surface area contributed by atoms with E-state index in [-0.39, 0.29) is 17.7 Å². The van der Waals surface area contributed by atoms with E-state index in [1.165, 1.54) is 0 Å². The smallest absolute Gasteiger partial charge is 0.335 e. The van der Waals surface area contributed by atoms with E-state index in [1.54, 1.807) is 31.6 Å². The molecular weight excluding hydrogens is 248 g/mol. The Bertz CT molecular complexity index is 622. The van der Waals surface area contributed by atoms with Gasteiger partial charge in [-0.1, -0.05) is 0 Å². The van der Waals surface area contributed by atoms with Gasteiger partial charge in [0.15, 0.2) is 0 Å². The van der Waals surface area contributed by atoms with E-state index < -0.39 is 5.97 Å². The maximum absolute atomic E-state index is 11.0. The first kappa shape index (κ1) is 12.1. The SMILES string of the molecule is CO[C@@H]1COC[C@@H]1n1cnc2ccc(C(=O)O)cc21. The van der Waals surface area contributed by atoms with Gasteiger partial charge in [0.2, 0.25) is 0 Å². The second-order valence-electron chi connectivity index (χ2n) is 4.54. The molecule has 0 spiro atoms. The highest BCUT2D eigenvalue weighted by molar-refractivity contribution is 5.92. The van der Waals surface area contributed by atoms with E-state index >= 15 is 0 Å². The van der Waals surface area contributed by atoms with Gasteiger partial charge in [-0.25, -0.2) is 9.78 Å². The number of ether oxygens (including phenoxy) is 2. The van der Waals surface area contributed by atoms with Crippen LogP contribution in [-0.2, 0) is 9.47 Å². The van der Waals surface area contributed by atoms with Gasteiger partial charge in [0.25, 0.3) is 0 Å². The Morgan fingerprint density at radius 1 is 1.53 bits per heavy atom. The van der Waals surface area contributed by atoms with Crippen molar-refractivity contribution < 1.29 is 19.4 Å². The van der Waals surface area contributed by atoms with Gasteiger partial charge in [-0.15, -0.1) is 0 Å². The van der Waals surface area contributed by atoms with Gasteiger partial charge < -0.3 is 19.1 Å². The number of carboxylic acids is 1. The normalized spacial score (nSPS) is 23.0. The van der Waals surface area contributed by atoms with Crippen molar-refractivity contribution in [2.75, 3.05) is 20.3 Å². The summed E-state index contributed by atoms with van der Waals surface area (Å²) in [4.78, 5) is 15.3. The van der Waals surface area contributed by atoms with Crippen molar-refractivity contribution in [2.45, 2.75) is 12.1 Å². The minimum atomic E-state index is -0.944. The number of fused-ring (bicyclic) bond motifs is 1. The summed E-state index contributed by atoms with van der Waals surface area (Å²) in [6.07, 6.45) is 1.67. The molecule has 0 saturated carbocycles. The molecule has 3 rings (SSSR count). The van der Waals surface area contributed by atoms with Crippen molar-refractivity contribution in [1.29, 1.82) is 0 Å². The van der Waals surface area contributed by atoms with Crippen LogP contribution in [0.4, 0.5) is 0 Å². The van der Waals surface area contributed by atoms with E-state index in [0.717, 1.165) is 11.0 Å². The van der Waals surface area contributed by atoms with Crippen molar-refractivity contribution in [1.82, 2.24) is 9.55 Å². The number of carbonyl (C=O) groups is 1. The zero-order chi connectivity index (χ0) is 13.4. The van der Waals surface area contributed by atoms with Gasteiger partial charge in [-0.05, 0) is 18.2 Å². The fourth-order valence-corrected chi connectivity index (χ4v) is 2.43. The van der Waals surface area contributed by atoms with Crippen molar-refractivity contribution in [3.05, 3.63) is 30.1 Å². The monoisotopic (exact) mass is 262 g/mol. The number of carboxylic acid groups (broad SMARTS) is 1. The van der Waals surface area contributed by atoms with Gasteiger partial charge in [0, 0.05) is 7.11 Å². The number of rotatable bonds is 3. The van der Waals surface area contributed by atoms with Crippen LogP contribution in [0.15, 0.2) is 24.5 Å². The number of benzene rings is 1. The molecule has 6 nitrogen and oxygen atoms in total. The summed E-state index contributed by atoms with van der Waals surface area (Å²) in [6, 6.07) is 4.93. The largest absolute Gasteiger partial charge is 0.478 e. The Morgan fingerprint density at radius 2 is 2.37 bits per heavy atom. The molecule has 0 unspecified atom stereocenters. The molecule has 0 amide bonds. The lowest BCUT2D eigenvalue weighted by Crippen LogP contribution is -2.23. The van der Waals surface area contributed by atoms with Crippen molar-refractivity contribution >= 4 is 17.0 Å². The second kappa shape index (κ2) is 4.64. The van der Waals surface area contributed by atoms with Crippen LogP contribution in [0, 0.1) is 0 Å². The Balaban J connectivity index is 2.08. The van der Waals surface area contributed by atoms with Gasteiger partial charge >= 0.3 is 5.97 Å². The minimum Gasteiger partial charge on any atom is -0.478 e. The Hall–Kier alpha value is -1.92. The van der Waals surface area contributed by atoms with E-state index in [9.17, 15) is 4.79 Å². The lowest BCUT2D eigenvalue weighted by Gasteiger charge is -2.18. The first-order chi connectivity index (χ1) is 9.20. The lowest BCUT2D eigenvalue weighted by atomic mass is 10.1. The topological polar surface area (TPSA) is 73.6 Å². The molecule has 6 heteroatoms. The molecule has 1 saturated heterocycles. The van der Waals surface area contributed by atoms with Crippen LogP contribution >= 0.6 is 0 Å². The molecule has 19 heavy (non-hydrogen) atoms. The fraction of sp³-hybridized carbons (Fsp3) is 0.385. The number of methoxy groups -OCH3 is 1. The van der Waals surface area contributed by atoms with E-state index in [1.807, 2.05) is 4.57 Å². The summed E-state index contributed by atoms with van der Waals surface area (Å²) in [5, 5.41) is 9.06. The molecular formula is C13H14N2O4. The molecule has 100 valence electrons. The number of hydrogen-bond donors (Lipinski definition) is 1. The third-order valence-corrected chi connectivity index (χ3v) is 3.48. The summed E-state index contributed by atoms with van der Waals surface area (Å²) in [6.45, 7) is 1.08.